The molecule has 118 valence electrons. The van der Waals surface area contributed by atoms with Crippen molar-refractivity contribution in [2.24, 2.45) is 0 Å². The molecule has 0 saturated heterocycles. The summed E-state index contributed by atoms with van der Waals surface area (Å²) in [6.45, 7) is 2.36. The lowest BCUT2D eigenvalue weighted by atomic mass is 10.2. The van der Waals surface area contributed by atoms with Crippen LogP contribution in [0.5, 0.6) is 11.5 Å². The summed E-state index contributed by atoms with van der Waals surface area (Å²) >= 11 is 1.62. The number of anilines is 1. The Hall–Kier alpha value is -2.21. The van der Waals surface area contributed by atoms with E-state index < -0.39 is 0 Å². The van der Waals surface area contributed by atoms with Crippen LogP contribution in [0.1, 0.15) is 11.8 Å². The number of carbonyl (C=O) groups is 1. The lowest BCUT2D eigenvalue weighted by Gasteiger charge is -2.17. The minimum Gasteiger partial charge on any atom is -0.497 e. The Morgan fingerprint density at radius 1 is 1.27 bits per heavy atom. The number of carbonyl (C=O) groups excluding carboxylic acids is 1. The highest BCUT2D eigenvalue weighted by atomic mass is 32.1. The number of amides is 1. The van der Waals surface area contributed by atoms with Gasteiger partial charge in [-0.15, -0.1) is 11.3 Å². The van der Waals surface area contributed by atoms with E-state index in [-0.39, 0.29) is 11.9 Å². The summed E-state index contributed by atoms with van der Waals surface area (Å²) < 4.78 is 10.5. The SMILES string of the molecule is COc1ccc(N[C@@H](C)C(=O)NCc2cccs2)c(OC)c1. The van der Waals surface area contributed by atoms with Crippen molar-refractivity contribution in [3.8, 4) is 11.5 Å². The molecule has 5 nitrogen and oxygen atoms in total. The zero-order chi connectivity index (χ0) is 15.9. The fourth-order valence-corrected chi connectivity index (χ4v) is 2.60. The van der Waals surface area contributed by atoms with Crippen LogP contribution < -0.4 is 20.1 Å². The number of thiophene rings is 1. The maximum absolute atomic E-state index is 12.1. The monoisotopic (exact) mass is 320 g/mol. The van der Waals surface area contributed by atoms with Crippen molar-refractivity contribution in [2.45, 2.75) is 19.5 Å². The molecular weight excluding hydrogens is 300 g/mol. The van der Waals surface area contributed by atoms with Gasteiger partial charge in [0.1, 0.15) is 17.5 Å². The summed E-state index contributed by atoms with van der Waals surface area (Å²) in [7, 11) is 3.18. The van der Waals surface area contributed by atoms with Crippen molar-refractivity contribution in [1.29, 1.82) is 0 Å². The third-order valence-electron chi connectivity index (χ3n) is 3.19. The number of rotatable bonds is 7. The second kappa shape index (κ2) is 7.70. The Morgan fingerprint density at radius 2 is 2.09 bits per heavy atom. The van der Waals surface area contributed by atoms with Crippen LogP contribution in [-0.4, -0.2) is 26.2 Å². The summed E-state index contributed by atoms with van der Waals surface area (Å²) in [5.41, 5.74) is 0.752. The van der Waals surface area contributed by atoms with E-state index in [1.54, 1.807) is 31.6 Å². The molecule has 1 amide bonds. The van der Waals surface area contributed by atoms with E-state index in [0.29, 0.717) is 18.0 Å². The molecule has 0 fully saturated rings. The van der Waals surface area contributed by atoms with Crippen molar-refractivity contribution >= 4 is 22.9 Å². The van der Waals surface area contributed by atoms with Crippen LogP contribution in [0.25, 0.3) is 0 Å². The first-order chi connectivity index (χ1) is 10.6. The van der Waals surface area contributed by atoms with Crippen LogP contribution >= 0.6 is 11.3 Å². The normalized spacial score (nSPS) is 11.6. The Morgan fingerprint density at radius 3 is 2.73 bits per heavy atom. The molecule has 6 heteroatoms. The highest BCUT2D eigenvalue weighted by molar-refractivity contribution is 7.09. The molecule has 0 saturated carbocycles. The average Bonchev–Trinajstić information content (AvgIpc) is 3.06. The summed E-state index contributed by atoms with van der Waals surface area (Å²) in [5.74, 6) is 1.28. The van der Waals surface area contributed by atoms with Gasteiger partial charge in [-0.05, 0) is 30.5 Å². The first kappa shape index (κ1) is 16.2. The number of methoxy groups -OCH3 is 2. The quantitative estimate of drug-likeness (QED) is 0.823. The van der Waals surface area contributed by atoms with Gasteiger partial charge in [-0.1, -0.05) is 6.07 Å². The van der Waals surface area contributed by atoms with Crippen LogP contribution in [-0.2, 0) is 11.3 Å². The topological polar surface area (TPSA) is 59.6 Å². The third kappa shape index (κ3) is 4.14. The van der Waals surface area contributed by atoms with Gasteiger partial charge in [-0.25, -0.2) is 0 Å². The van der Waals surface area contributed by atoms with Gasteiger partial charge in [0.2, 0.25) is 5.91 Å². The molecule has 2 rings (SSSR count). The first-order valence-corrected chi connectivity index (χ1v) is 7.80. The molecular formula is C16H20N2O3S. The molecule has 0 aliphatic heterocycles. The zero-order valence-electron chi connectivity index (χ0n) is 12.9. The molecule has 1 aromatic carbocycles. The van der Waals surface area contributed by atoms with Crippen molar-refractivity contribution in [2.75, 3.05) is 19.5 Å². The average molecular weight is 320 g/mol. The highest BCUT2D eigenvalue weighted by Crippen LogP contribution is 2.29. The molecule has 0 bridgehead atoms. The predicted octanol–water partition coefficient (Wildman–Crippen LogP) is 2.88. The molecule has 2 N–H and O–H groups in total. The van der Waals surface area contributed by atoms with E-state index in [9.17, 15) is 4.79 Å². The van der Waals surface area contributed by atoms with E-state index in [0.717, 1.165) is 10.6 Å². The summed E-state index contributed by atoms with van der Waals surface area (Å²) in [4.78, 5) is 13.3. The van der Waals surface area contributed by atoms with E-state index in [1.165, 1.54) is 0 Å². The number of nitrogens with one attached hydrogen (secondary N) is 2. The van der Waals surface area contributed by atoms with Crippen LogP contribution in [0.3, 0.4) is 0 Å². The van der Waals surface area contributed by atoms with Gasteiger partial charge in [0, 0.05) is 10.9 Å². The standard InChI is InChI=1S/C16H20N2O3S/c1-11(16(19)17-10-13-5-4-8-22-13)18-14-7-6-12(20-2)9-15(14)21-3/h4-9,11,18H,10H2,1-3H3,(H,17,19)/t11-/m0/s1. The molecule has 0 aliphatic rings. The maximum atomic E-state index is 12.1. The van der Waals surface area contributed by atoms with Crippen LogP contribution in [0.15, 0.2) is 35.7 Å². The van der Waals surface area contributed by atoms with Gasteiger partial charge in [-0.3, -0.25) is 4.79 Å². The Labute approximate surface area is 134 Å². The molecule has 0 radical (unpaired) electrons. The predicted molar refractivity (Wildman–Crippen MR) is 88.8 cm³/mol. The van der Waals surface area contributed by atoms with E-state index in [4.69, 9.17) is 9.47 Å². The Kier molecular flexibility index (Phi) is 5.66. The van der Waals surface area contributed by atoms with Gasteiger partial charge in [0.05, 0.1) is 26.5 Å². The Balaban J connectivity index is 1.95. The second-order valence-corrected chi connectivity index (χ2v) is 5.76. The molecule has 0 aliphatic carbocycles. The summed E-state index contributed by atoms with van der Waals surface area (Å²) in [6.07, 6.45) is 0. The lowest BCUT2D eigenvalue weighted by molar-refractivity contribution is -0.121. The molecule has 2 aromatic rings. The first-order valence-electron chi connectivity index (χ1n) is 6.92. The minimum atomic E-state index is -0.373. The van der Waals surface area contributed by atoms with Crippen molar-refractivity contribution in [3.63, 3.8) is 0 Å². The van der Waals surface area contributed by atoms with Gasteiger partial charge in [0.25, 0.3) is 0 Å². The number of benzene rings is 1. The van der Waals surface area contributed by atoms with Crippen molar-refractivity contribution in [1.82, 2.24) is 5.32 Å². The molecule has 22 heavy (non-hydrogen) atoms. The van der Waals surface area contributed by atoms with Crippen molar-refractivity contribution in [3.05, 3.63) is 40.6 Å². The third-order valence-corrected chi connectivity index (χ3v) is 4.07. The Bertz CT molecular complexity index is 614. The van der Waals surface area contributed by atoms with Gasteiger partial charge in [0.15, 0.2) is 0 Å². The molecule has 0 spiro atoms. The maximum Gasteiger partial charge on any atom is 0.242 e. The molecule has 1 atom stereocenters. The van der Waals surface area contributed by atoms with Crippen LogP contribution in [0.2, 0.25) is 0 Å². The number of ether oxygens (including phenoxy) is 2. The van der Waals surface area contributed by atoms with Gasteiger partial charge in [-0.2, -0.15) is 0 Å². The summed E-state index contributed by atoms with van der Waals surface area (Å²) in [6, 6.07) is 9.02. The van der Waals surface area contributed by atoms with E-state index >= 15 is 0 Å². The van der Waals surface area contributed by atoms with Crippen LogP contribution in [0.4, 0.5) is 5.69 Å². The molecule has 1 heterocycles. The van der Waals surface area contributed by atoms with Gasteiger partial charge >= 0.3 is 0 Å². The number of hydrogen-bond donors (Lipinski definition) is 2. The van der Waals surface area contributed by atoms with Gasteiger partial charge < -0.3 is 20.1 Å². The van der Waals surface area contributed by atoms with E-state index in [2.05, 4.69) is 10.6 Å². The smallest absolute Gasteiger partial charge is 0.242 e. The second-order valence-electron chi connectivity index (χ2n) is 4.73. The highest BCUT2D eigenvalue weighted by Gasteiger charge is 2.15. The zero-order valence-corrected chi connectivity index (χ0v) is 13.7. The fourth-order valence-electron chi connectivity index (χ4n) is 1.96. The largest absolute Gasteiger partial charge is 0.497 e. The minimum absolute atomic E-state index is 0.0636. The fraction of sp³-hybridized carbons (Fsp3) is 0.312. The molecule has 0 unspecified atom stereocenters. The lowest BCUT2D eigenvalue weighted by Crippen LogP contribution is -2.37. The summed E-state index contributed by atoms with van der Waals surface area (Å²) in [5, 5.41) is 8.05. The van der Waals surface area contributed by atoms with Crippen molar-refractivity contribution < 1.29 is 14.3 Å². The van der Waals surface area contributed by atoms with E-state index in [1.807, 2.05) is 36.6 Å². The molecule has 1 aromatic heterocycles. The number of hydrogen-bond acceptors (Lipinski definition) is 5. The van der Waals surface area contributed by atoms with Crippen LogP contribution in [0, 0.1) is 0 Å².